The first kappa shape index (κ1) is 15.9. The fourth-order valence-electron chi connectivity index (χ4n) is 2.84. The number of nitrogens with zero attached hydrogens (tertiary/aromatic N) is 1. The molecule has 108 valence electrons. The summed E-state index contributed by atoms with van der Waals surface area (Å²) in [7, 11) is 2.00. The van der Waals surface area contributed by atoms with Crippen LogP contribution in [0.5, 0.6) is 0 Å². The van der Waals surface area contributed by atoms with E-state index in [2.05, 4.69) is 37.9 Å². The van der Waals surface area contributed by atoms with Crippen LogP contribution in [0.4, 0.5) is 0 Å². The summed E-state index contributed by atoms with van der Waals surface area (Å²) in [6, 6.07) is 0. The minimum Gasteiger partial charge on any atom is -0.372 e. The molecule has 1 saturated heterocycles. The van der Waals surface area contributed by atoms with Crippen LogP contribution in [-0.4, -0.2) is 50.3 Å². The first-order chi connectivity index (χ1) is 8.51. The molecule has 0 radical (unpaired) electrons. The van der Waals surface area contributed by atoms with Crippen molar-refractivity contribution in [1.29, 1.82) is 0 Å². The highest BCUT2D eigenvalue weighted by atomic mass is 16.5. The van der Waals surface area contributed by atoms with Gasteiger partial charge < -0.3 is 15.0 Å². The van der Waals surface area contributed by atoms with E-state index in [1.165, 1.54) is 25.9 Å². The Morgan fingerprint density at radius 1 is 1.06 bits per heavy atom. The van der Waals surface area contributed by atoms with E-state index >= 15 is 0 Å². The van der Waals surface area contributed by atoms with E-state index in [0.717, 1.165) is 24.9 Å². The zero-order chi connectivity index (χ0) is 13.5. The Kier molecular flexibility index (Phi) is 7.20. The lowest BCUT2D eigenvalue weighted by atomic mass is 10.1. The third-order valence-electron chi connectivity index (χ3n) is 3.34. The number of hydrogen-bond donors (Lipinski definition) is 1. The van der Waals surface area contributed by atoms with Crippen LogP contribution in [-0.2, 0) is 4.74 Å². The van der Waals surface area contributed by atoms with Gasteiger partial charge in [-0.1, -0.05) is 27.7 Å². The van der Waals surface area contributed by atoms with E-state index in [-0.39, 0.29) is 0 Å². The molecule has 0 aromatic rings. The van der Waals surface area contributed by atoms with Gasteiger partial charge in [0.05, 0.1) is 12.2 Å². The van der Waals surface area contributed by atoms with Crippen molar-refractivity contribution in [3.05, 3.63) is 0 Å². The third kappa shape index (κ3) is 6.17. The summed E-state index contributed by atoms with van der Waals surface area (Å²) in [4.78, 5) is 2.59. The monoisotopic (exact) mass is 256 g/mol. The highest BCUT2D eigenvalue weighted by Crippen LogP contribution is 2.20. The van der Waals surface area contributed by atoms with Gasteiger partial charge in [0.25, 0.3) is 0 Å². The Bertz CT molecular complexity index is 209. The second-order valence-corrected chi connectivity index (χ2v) is 6.52. The normalized spacial score (nSPS) is 24.7. The van der Waals surface area contributed by atoms with Gasteiger partial charge in [0.15, 0.2) is 0 Å². The number of hydrogen-bond acceptors (Lipinski definition) is 3. The molecule has 0 aromatic heterocycles. The molecular formula is C15H32N2O. The summed E-state index contributed by atoms with van der Waals surface area (Å²) < 4.78 is 6.09. The van der Waals surface area contributed by atoms with Crippen LogP contribution < -0.4 is 5.32 Å². The van der Waals surface area contributed by atoms with Crippen LogP contribution in [0.15, 0.2) is 0 Å². The molecule has 18 heavy (non-hydrogen) atoms. The number of nitrogens with one attached hydrogen (secondary N) is 1. The quantitative estimate of drug-likeness (QED) is 0.721. The Morgan fingerprint density at radius 3 is 2.11 bits per heavy atom. The Hall–Kier alpha value is -0.120. The summed E-state index contributed by atoms with van der Waals surface area (Å²) in [6.45, 7) is 13.7. The minimum absolute atomic E-state index is 0.431. The Morgan fingerprint density at radius 2 is 1.61 bits per heavy atom. The molecule has 1 aliphatic rings. The fraction of sp³-hybridized carbons (Fsp3) is 1.00. The maximum atomic E-state index is 6.09. The average Bonchev–Trinajstić information content (AvgIpc) is 2.64. The van der Waals surface area contributed by atoms with E-state index in [1.807, 2.05) is 7.05 Å². The van der Waals surface area contributed by atoms with Crippen molar-refractivity contribution < 1.29 is 4.74 Å². The summed E-state index contributed by atoms with van der Waals surface area (Å²) in [6.07, 6.45) is 3.31. The van der Waals surface area contributed by atoms with Gasteiger partial charge in [-0.05, 0) is 31.7 Å². The molecular weight excluding hydrogens is 224 g/mol. The smallest absolute Gasteiger partial charge is 0.0707 e. The summed E-state index contributed by atoms with van der Waals surface area (Å²) in [5, 5.41) is 3.21. The zero-order valence-corrected chi connectivity index (χ0v) is 12.9. The van der Waals surface area contributed by atoms with Crippen molar-refractivity contribution in [2.75, 3.05) is 33.2 Å². The van der Waals surface area contributed by atoms with E-state index in [0.29, 0.717) is 12.2 Å². The van der Waals surface area contributed by atoms with E-state index in [9.17, 15) is 0 Å². The van der Waals surface area contributed by atoms with E-state index < -0.39 is 0 Å². The first-order valence-corrected chi connectivity index (χ1v) is 7.53. The molecule has 0 aliphatic carbocycles. The molecule has 0 amide bonds. The largest absolute Gasteiger partial charge is 0.372 e. The van der Waals surface area contributed by atoms with E-state index in [1.54, 1.807) is 0 Å². The predicted molar refractivity (Wildman–Crippen MR) is 77.9 cm³/mol. The van der Waals surface area contributed by atoms with Gasteiger partial charge >= 0.3 is 0 Å². The van der Waals surface area contributed by atoms with Crippen molar-refractivity contribution in [3.63, 3.8) is 0 Å². The lowest BCUT2D eigenvalue weighted by molar-refractivity contribution is 0.0199. The molecule has 1 fully saturated rings. The second kappa shape index (κ2) is 8.13. The second-order valence-electron chi connectivity index (χ2n) is 6.52. The van der Waals surface area contributed by atoms with Crippen molar-refractivity contribution >= 4 is 0 Å². The highest BCUT2D eigenvalue weighted by molar-refractivity contribution is 4.78. The van der Waals surface area contributed by atoms with Gasteiger partial charge in [-0.2, -0.15) is 0 Å². The van der Waals surface area contributed by atoms with Crippen molar-refractivity contribution in [2.45, 2.75) is 52.7 Å². The van der Waals surface area contributed by atoms with Gasteiger partial charge in [-0.3, -0.25) is 0 Å². The van der Waals surface area contributed by atoms with Crippen LogP contribution in [0, 0.1) is 11.8 Å². The van der Waals surface area contributed by atoms with Crippen molar-refractivity contribution in [1.82, 2.24) is 10.2 Å². The average molecular weight is 256 g/mol. The molecule has 2 atom stereocenters. The molecule has 0 spiro atoms. The molecule has 1 heterocycles. The van der Waals surface area contributed by atoms with Crippen LogP contribution in [0.1, 0.15) is 40.5 Å². The van der Waals surface area contributed by atoms with Crippen LogP contribution in [0.25, 0.3) is 0 Å². The topological polar surface area (TPSA) is 24.5 Å². The van der Waals surface area contributed by atoms with Gasteiger partial charge in [0, 0.05) is 26.2 Å². The molecule has 1 N–H and O–H groups in total. The predicted octanol–water partition coefficient (Wildman–Crippen LogP) is 2.37. The van der Waals surface area contributed by atoms with Gasteiger partial charge in [-0.15, -0.1) is 0 Å². The molecule has 1 aliphatic heterocycles. The van der Waals surface area contributed by atoms with Crippen molar-refractivity contribution in [2.24, 2.45) is 11.8 Å². The first-order valence-electron chi connectivity index (χ1n) is 7.53. The maximum absolute atomic E-state index is 6.09. The fourth-order valence-corrected chi connectivity index (χ4v) is 2.84. The van der Waals surface area contributed by atoms with Crippen LogP contribution in [0.2, 0.25) is 0 Å². The number of likely N-dealkylation sites (N-methyl/N-ethyl adjacent to an activating group) is 1. The van der Waals surface area contributed by atoms with Gasteiger partial charge in [0.2, 0.25) is 0 Å². The minimum atomic E-state index is 0.431. The van der Waals surface area contributed by atoms with Crippen molar-refractivity contribution in [3.8, 4) is 0 Å². The standard InChI is InChI=1S/C15H32N2O/c1-12(2)9-17(10-13(3)4)11-15-7-6-14(18-15)8-16-5/h12-16H,6-11H2,1-5H3. The van der Waals surface area contributed by atoms with Gasteiger partial charge in [-0.25, -0.2) is 0 Å². The summed E-state index contributed by atoms with van der Waals surface area (Å²) in [5.74, 6) is 1.47. The Balaban J connectivity index is 2.36. The van der Waals surface area contributed by atoms with Crippen LogP contribution in [0.3, 0.4) is 0 Å². The lowest BCUT2D eigenvalue weighted by Gasteiger charge is -2.28. The molecule has 2 unspecified atom stereocenters. The number of rotatable bonds is 8. The third-order valence-corrected chi connectivity index (χ3v) is 3.34. The summed E-state index contributed by atoms with van der Waals surface area (Å²) in [5.41, 5.74) is 0. The van der Waals surface area contributed by atoms with E-state index in [4.69, 9.17) is 4.74 Å². The maximum Gasteiger partial charge on any atom is 0.0707 e. The lowest BCUT2D eigenvalue weighted by Crippen LogP contribution is -2.38. The summed E-state index contributed by atoms with van der Waals surface area (Å²) >= 11 is 0. The highest BCUT2D eigenvalue weighted by Gasteiger charge is 2.26. The Labute approximate surface area is 113 Å². The molecule has 1 rings (SSSR count). The molecule has 3 heteroatoms. The number of ether oxygens (including phenoxy) is 1. The molecule has 0 aromatic carbocycles. The molecule has 0 bridgehead atoms. The van der Waals surface area contributed by atoms with Crippen LogP contribution >= 0.6 is 0 Å². The molecule has 0 saturated carbocycles. The molecule has 3 nitrogen and oxygen atoms in total. The SMILES string of the molecule is CNCC1CCC(CN(CC(C)C)CC(C)C)O1. The zero-order valence-electron chi connectivity index (χ0n) is 12.9. The van der Waals surface area contributed by atoms with Gasteiger partial charge in [0.1, 0.15) is 0 Å².